The summed E-state index contributed by atoms with van der Waals surface area (Å²) in [4.78, 5) is 20.5. The molecule has 138 valence electrons. The minimum Gasteiger partial charge on any atom is -0.389 e. The summed E-state index contributed by atoms with van der Waals surface area (Å²) in [5.74, 6) is 0.000427. The first-order chi connectivity index (χ1) is 13.1. The minimum absolute atomic E-state index is 0.000427. The van der Waals surface area contributed by atoms with Crippen LogP contribution in [0.5, 0.6) is 0 Å². The van der Waals surface area contributed by atoms with Crippen LogP contribution in [0.3, 0.4) is 0 Å². The molecule has 1 N–H and O–H groups in total. The van der Waals surface area contributed by atoms with Gasteiger partial charge in [-0.3, -0.25) is 4.79 Å². The lowest BCUT2D eigenvalue weighted by Crippen LogP contribution is -2.36. The molecular weight excluding hydrogens is 338 g/mol. The summed E-state index contributed by atoms with van der Waals surface area (Å²) < 4.78 is 0. The third-order valence-electron chi connectivity index (χ3n) is 5.05. The molecule has 1 aliphatic rings. The SMILES string of the molecule is CC(=O)N1CCN(c2cc(-c3ccccc3)nc3ccccc23)C[C@@H](O)C1. The minimum atomic E-state index is -0.580. The number of aliphatic hydroxyl groups is 1. The Morgan fingerprint density at radius 3 is 2.56 bits per heavy atom. The molecule has 0 saturated carbocycles. The van der Waals surface area contributed by atoms with Crippen LogP contribution in [0.15, 0.2) is 60.7 Å². The summed E-state index contributed by atoms with van der Waals surface area (Å²) in [6.45, 7) is 3.70. The maximum atomic E-state index is 11.8. The first kappa shape index (κ1) is 17.5. The van der Waals surface area contributed by atoms with Crippen molar-refractivity contribution in [1.29, 1.82) is 0 Å². The van der Waals surface area contributed by atoms with E-state index < -0.39 is 6.10 Å². The second kappa shape index (κ2) is 7.37. The van der Waals surface area contributed by atoms with Crippen LogP contribution in [0.25, 0.3) is 22.2 Å². The second-order valence-electron chi connectivity index (χ2n) is 6.97. The molecule has 1 amide bonds. The lowest BCUT2D eigenvalue weighted by Gasteiger charge is -2.26. The lowest BCUT2D eigenvalue weighted by atomic mass is 10.1. The number of hydrogen-bond acceptors (Lipinski definition) is 4. The van der Waals surface area contributed by atoms with Crippen molar-refractivity contribution < 1.29 is 9.90 Å². The Morgan fingerprint density at radius 2 is 1.78 bits per heavy atom. The highest BCUT2D eigenvalue weighted by atomic mass is 16.3. The number of rotatable bonds is 2. The van der Waals surface area contributed by atoms with Gasteiger partial charge in [0.05, 0.1) is 17.3 Å². The standard InChI is InChI=1S/C22H23N3O2/c1-16(26)24-11-12-25(15-18(27)14-24)22-13-21(17-7-3-2-4-8-17)23-20-10-6-5-9-19(20)22/h2-10,13,18,27H,11-12,14-15H2,1H3/t18-/m0/s1. The largest absolute Gasteiger partial charge is 0.389 e. The van der Waals surface area contributed by atoms with Gasteiger partial charge in [0.1, 0.15) is 0 Å². The number of carbonyl (C=O) groups excluding carboxylic acids is 1. The van der Waals surface area contributed by atoms with E-state index in [2.05, 4.69) is 29.2 Å². The summed E-state index contributed by atoms with van der Waals surface area (Å²) in [6.07, 6.45) is -0.580. The molecule has 2 aromatic carbocycles. The van der Waals surface area contributed by atoms with E-state index >= 15 is 0 Å². The number of pyridine rings is 1. The molecule has 4 rings (SSSR count). The van der Waals surface area contributed by atoms with E-state index in [9.17, 15) is 9.90 Å². The summed E-state index contributed by atoms with van der Waals surface area (Å²) in [5.41, 5.74) is 3.94. The van der Waals surface area contributed by atoms with Crippen molar-refractivity contribution in [3.8, 4) is 11.3 Å². The van der Waals surface area contributed by atoms with E-state index in [4.69, 9.17) is 4.98 Å². The molecule has 0 unspecified atom stereocenters. The van der Waals surface area contributed by atoms with Crippen molar-refractivity contribution in [2.75, 3.05) is 31.1 Å². The average Bonchev–Trinajstić information content (AvgIpc) is 2.89. The Bertz CT molecular complexity index is 958. The average molecular weight is 361 g/mol. The topological polar surface area (TPSA) is 56.7 Å². The first-order valence-electron chi connectivity index (χ1n) is 9.25. The number of hydrogen-bond donors (Lipinski definition) is 1. The quantitative estimate of drug-likeness (QED) is 0.762. The van der Waals surface area contributed by atoms with Crippen LogP contribution < -0.4 is 4.90 Å². The van der Waals surface area contributed by atoms with Crippen molar-refractivity contribution in [3.63, 3.8) is 0 Å². The molecule has 1 saturated heterocycles. The fourth-order valence-corrected chi connectivity index (χ4v) is 3.67. The van der Waals surface area contributed by atoms with Crippen LogP contribution in [0, 0.1) is 0 Å². The van der Waals surface area contributed by atoms with Crippen LogP contribution in [-0.2, 0) is 4.79 Å². The van der Waals surface area contributed by atoms with Gasteiger partial charge in [-0.15, -0.1) is 0 Å². The summed E-state index contributed by atoms with van der Waals surface area (Å²) >= 11 is 0. The molecule has 0 radical (unpaired) electrons. The van der Waals surface area contributed by atoms with E-state index in [1.54, 1.807) is 11.8 Å². The Hall–Kier alpha value is -2.92. The van der Waals surface area contributed by atoms with E-state index in [1.807, 2.05) is 36.4 Å². The van der Waals surface area contributed by atoms with Crippen LogP contribution in [0.1, 0.15) is 6.92 Å². The molecule has 0 spiro atoms. The second-order valence-corrected chi connectivity index (χ2v) is 6.97. The number of amides is 1. The third-order valence-corrected chi connectivity index (χ3v) is 5.05. The highest BCUT2D eigenvalue weighted by Crippen LogP contribution is 2.31. The Kier molecular flexibility index (Phi) is 4.77. The molecule has 2 heterocycles. The normalized spacial score (nSPS) is 17.8. The van der Waals surface area contributed by atoms with Gasteiger partial charge in [-0.25, -0.2) is 4.98 Å². The van der Waals surface area contributed by atoms with E-state index in [1.165, 1.54) is 0 Å². The van der Waals surface area contributed by atoms with Crippen LogP contribution in [0.2, 0.25) is 0 Å². The van der Waals surface area contributed by atoms with Gasteiger partial charge in [-0.1, -0.05) is 48.5 Å². The van der Waals surface area contributed by atoms with E-state index in [-0.39, 0.29) is 5.91 Å². The molecule has 1 fully saturated rings. The number of anilines is 1. The summed E-state index contributed by atoms with van der Waals surface area (Å²) in [7, 11) is 0. The van der Waals surface area contributed by atoms with Crippen LogP contribution in [0.4, 0.5) is 5.69 Å². The number of carbonyl (C=O) groups is 1. The number of fused-ring (bicyclic) bond motifs is 1. The molecule has 1 atom stereocenters. The molecular formula is C22H23N3O2. The summed E-state index contributed by atoms with van der Waals surface area (Å²) in [5, 5.41) is 11.5. The molecule has 1 aromatic heterocycles. The van der Waals surface area contributed by atoms with Crippen molar-refractivity contribution in [2.24, 2.45) is 0 Å². The van der Waals surface area contributed by atoms with Gasteiger partial charge in [0.15, 0.2) is 0 Å². The van der Waals surface area contributed by atoms with E-state index in [0.717, 1.165) is 27.8 Å². The van der Waals surface area contributed by atoms with Crippen molar-refractivity contribution >= 4 is 22.5 Å². The molecule has 5 heteroatoms. The van der Waals surface area contributed by atoms with E-state index in [0.29, 0.717) is 26.2 Å². The van der Waals surface area contributed by atoms with Gasteiger partial charge in [-0.2, -0.15) is 0 Å². The fourth-order valence-electron chi connectivity index (χ4n) is 3.67. The maximum Gasteiger partial charge on any atom is 0.219 e. The van der Waals surface area contributed by atoms with Gasteiger partial charge in [0, 0.05) is 49.7 Å². The fraction of sp³-hybridized carbons (Fsp3) is 0.273. The third kappa shape index (κ3) is 3.64. The Labute approximate surface area is 158 Å². The highest BCUT2D eigenvalue weighted by Gasteiger charge is 2.24. The number of para-hydroxylation sites is 1. The zero-order valence-corrected chi connectivity index (χ0v) is 15.4. The Balaban J connectivity index is 1.79. The van der Waals surface area contributed by atoms with Crippen LogP contribution >= 0.6 is 0 Å². The maximum absolute atomic E-state index is 11.8. The van der Waals surface area contributed by atoms with Crippen LogP contribution in [-0.4, -0.2) is 53.2 Å². The van der Waals surface area contributed by atoms with Gasteiger partial charge in [-0.05, 0) is 12.1 Å². The monoisotopic (exact) mass is 361 g/mol. The number of nitrogens with zero attached hydrogens (tertiary/aromatic N) is 3. The molecule has 5 nitrogen and oxygen atoms in total. The predicted octanol–water partition coefficient (Wildman–Crippen LogP) is 2.93. The summed E-state index contributed by atoms with van der Waals surface area (Å²) in [6, 6.07) is 20.3. The number of β-amino-alcohol motifs (C(OH)–C–C–N with tert-alkyl or cyclic N) is 1. The lowest BCUT2D eigenvalue weighted by molar-refractivity contribution is -0.129. The molecule has 0 aliphatic carbocycles. The molecule has 1 aliphatic heterocycles. The molecule has 3 aromatic rings. The zero-order chi connectivity index (χ0) is 18.8. The van der Waals surface area contributed by atoms with Gasteiger partial charge < -0.3 is 14.9 Å². The number of aromatic nitrogens is 1. The van der Waals surface area contributed by atoms with Gasteiger partial charge in [0.2, 0.25) is 5.91 Å². The highest BCUT2D eigenvalue weighted by molar-refractivity contribution is 5.94. The van der Waals surface area contributed by atoms with Crippen molar-refractivity contribution in [3.05, 3.63) is 60.7 Å². The Morgan fingerprint density at radius 1 is 1.04 bits per heavy atom. The molecule has 27 heavy (non-hydrogen) atoms. The number of aliphatic hydroxyl groups excluding tert-OH is 1. The predicted molar refractivity (Wildman–Crippen MR) is 108 cm³/mol. The van der Waals surface area contributed by atoms with Gasteiger partial charge >= 0.3 is 0 Å². The first-order valence-corrected chi connectivity index (χ1v) is 9.25. The zero-order valence-electron chi connectivity index (χ0n) is 15.4. The van der Waals surface area contributed by atoms with Crippen molar-refractivity contribution in [2.45, 2.75) is 13.0 Å². The number of benzene rings is 2. The van der Waals surface area contributed by atoms with Gasteiger partial charge in [0.25, 0.3) is 0 Å². The molecule has 0 bridgehead atoms. The van der Waals surface area contributed by atoms with Crippen molar-refractivity contribution in [1.82, 2.24) is 9.88 Å². The smallest absolute Gasteiger partial charge is 0.219 e.